The zero-order valence-electron chi connectivity index (χ0n) is 10.2. The number of aliphatic imine (C=N–C) groups is 1. The molecular formula is C13H9N3OS3. The summed E-state index contributed by atoms with van der Waals surface area (Å²) < 4.78 is 2.36. The van der Waals surface area contributed by atoms with Crippen molar-refractivity contribution in [2.24, 2.45) is 10.7 Å². The van der Waals surface area contributed by atoms with Gasteiger partial charge in [-0.25, -0.2) is 4.98 Å². The highest BCUT2D eigenvalue weighted by Crippen LogP contribution is 2.35. The summed E-state index contributed by atoms with van der Waals surface area (Å²) in [4.78, 5) is 20.3. The van der Waals surface area contributed by atoms with Crippen LogP contribution in [0.3, 0.4) is 0 Å². The summed E-state index contributed by atoms with van der Waals surface area (Å²) in [5.74, 6) is 0.254. The van der Waals surface area contributed by atoms with Crippen LogP contribution in [0.15, 0.2) is 28.6 Å². The highest BCUT2D eigenvalue weighted by atomic mass is 32.2. The van der Waals surface area contributed by atoms with Gasteiger partial charge in [0.1, 0.15) is 16.1 Å². The number of amides is 1. The van der Waals surface area contributed by atoms with Crippen LogP contribution in [-0.4, -0.2) is 27.7 Å². The molecule has 100 valence electrons. The first-order valence-corrected chi connectivity index (χ1v) is 8.67. The van der Waals surface area contributed by atoms with E-state index in [2.05, 4.69) is 28.6 Å². The van der Waals surface area contributed by atoms with Gasteiger partial charge in [0, 0.05) is 5.75 Å². The van der Waals surface area contributed by atoms with Crippen LogP contribution in [0.25, 0.3) is 20.3 Å². The first-order valence-electron chi connectivity index (χ1n) is 5.99. The van der Waals surface area contributed by atoms with Crippen LogP contribution < -0.4 is 5.73 Å². The van der Waals surface area contributed by atoms with Gasteiger partial charge in [-0.2, -0.15) is 0 Å². The Morgan fingerprint density at radius 2 is 2.25 bits per heavy atom. The second kappa shape index (κ2) is 4.54. The highest BCUT2D eigenvalue weighted by molar-refractivity contribution is 8.15. The summed E-state index contributed by atoms with van der Waals surface area (Å²) in [6.07, 6.45) is 0. The molecule has 0 unspecified atom stereocenters. The maximum Gasteiger partial charge on any atom is 0.243 e. The van der Waals surface area contributed by atoms with Crippen LogP contribution in [0, 0.1) is 0 Å². The van der Waals surface area contributed by atoms with Crippen molar-refractivity contribution in [3.05, 3.63) is 28.6 Å². The second-order valence-corrected chi connectivity index (χ2v) is 7.39. The standard InChI is InChI=1S/C13H9N3OS3/c14-11(17)7-5-19-12(15-7)13-16-9-8(20-13)2-1-6-3-4-18-10(6)9/h1-4,7H,5H2,(H2,14,17)/t7-/m1/s1. The summed E-state index contributed by atoms with van der Waals surface area (Å²) in [7, 11) is 0. The molecule has 0 fully saturated rings. The van der Waals surface area contributed by atoms with Crippen molar-refractivity contribution in [2.75, 3.05) is 5.75 Å². The Balaban J connectivity index is 1.85. The number of carbonyl (C=O) groups is 1. The zero-order chi connectivity index (χ0) is 13.7. The Kier molecular flexibility index (Phi) is 2.80. The maximum absolute atomic E-state index is 11.2. The normalized spacial score (nSPS) is 18.8. The Morgan fingerprint density at radius 3 is 3.05 bits per heavy atom. The lowest BCUT2D eigenvalue weighted by Gasteiger charge is -1.95. The number of nitrogens with two attached hydrogens (primary N) is 1. The first kappa shape index (κ1) is 12.3. The molecule has 3 heterocycles. The number of nitrogens with zero attached hydrogens (tertiary/aromatic N) is 2. The third kappa shape index (κ3) is 1.85. The number of thiazole rings is 1. The fraction of sp³-hybridized carbons (Fsp3) is 0.154. The number of carbonyl (C=O) groups excluding carboxylic acids is 1. The molecule has 4 rings (SSSR count). The lowest BCUT2D eigenvalue weighted by molar-refractivity contribution is -0.118. The van der Waals surface area contributed by atoms with Gasteiger partial charge in [-0.05, 0) is 22.9 Å². The van der Waals surface area contributed by atoms with Crippen molar-refractivity contribution in [3.8, 4) is 0 Å². The predicted octanol–water partition coefficient (Wildman–Crippen LogP) is 2.86. The van der Waals surface area contributed by atoms with Crippen molar-refractivity contribution in [2.45, 2.75) is 6.04 Å². The quantitative estimate of drug-likeness (QED) is 0.789. The molecule has 7 heteroatoms. The molecule has 1 aromatic carbocycles. The van der Waals surface area contributed by atoms with Crippen LogP contribution >= 0.6 is 34.4 Å². The molecule has 2 aromatic heterocycles. The van der Waals surface area contributed by atoms with E-state index in [1.807, 2.05) is 0 Å². The van der Waals surface area contributed by atoms with Crippen molar-refractivity contribution >= 4 is 65.7 Å². The molecule has 1 atom stereocenters. The minimum atomic E-state index is -0.413. The van der Waals surface area contributed by atoms with Crippen molar-refractivity contribution in [1.82, 2.24) is 4.98 Å². The van der Waals surface area contributed by atoms with Crippen LogP contribution in [0.4, 0.5) is 0 Å². The lowest BCUT2D eigenvalue weighted by Crippen LogP contribution is -2.26. The van der Waals surface area contributed by atoms with Crippen molar-refractivity contribution < 1.29 is 4.79 Å². The minimum Gasteiger partial charge on any atom is -0.368 e. The van der Waals surface area contributed by atoms with Gasteiger partial charge >= 0.3 is 0 Å². The number of benzene rings is 1. The van der Waals surface area contributed by atoms with E-state index < -0.39 is 6.04 Å². The topological polar surface area (TPSA) is 68.3 Å². The molecule has 3 aromatic rings. The third-order valence-corrected chi connectivity index (χ3v) is 6.29. The van der Waals surface area contributed by atoms with Gasteiger partial charge in [-0.3, -0.25) is 9.79 Å². The highest BCUT2D eigenvalue weighted by Gasteiger charge is 2.25. The molecule has 1 aliphatic rings. The van der Waals surface area contributed by atoms with Crippen LogP contribution in [-0.2, 0) is 4.79 Å². The lowest BCUT2D eigenvalue weighted by atomic mass is 10.2. The van der Waals surface area contributed by atoms with Gasteiger partial charge in [-0.1, -0.05) is 6.07 Å². The smallest absolute Gasteiger partial charge is 0.243 e. The van der Waals surface area contributed by atoms with E-state index >= 15 is 0 Å². The number of hydrogen-bond acceptors (Lipinski definition) is 6. The molecule has 2 N–H and O–H groups in total. The van der Waals surface area contributed by atoms with Gasteiger partial charge in [0.05, 0.1) is 14.9 Å². The summed E-state index contributed by atoms with van der Waals surface area (Å²) in [5.41, 5.74) is 6.33. The molecule has 0 spiro atoms. The fourth-order valence-corrected chi connectivity index (χ4v) is 5.19. The molecule has 0 saturated carbocycles. The monoisotopic (exact) mass is 319 g/mol. The summed E-state index contributed by atoms with van der Waals surface area (Å²) in [6.45, 7) is 0. The van der Waals surface area contributed by atoms with Gasteiger partial charge in [-0.15, -0.1) is 34.4 Å². The third-order valence-electron chi connectivity index (χ3n) is 3.14. The molecule has 20 heavy (non-hydrogen) atoms. The van der Waals surface area contributed by atoms with Crippen LogP contribution in [0.1, 0.15) is 5.01 Å². The molecule has 1 aliphatic heterocycles. The second-order valence-electron chi connectivity index (χ2n) is 4.43. The summed E-state index contributed by atoms with van der Waals surface area (Å²) in [5, 5.41) is 5.01. The minimum absolute atomic E-state index is 0.366. The number of aromatic nitrogens is 1. The number of thioether (sulfide) groups is 1. The van der Waals surface area contributed by atoms with Crippen molar-refractivity contribution in [3.63, 3.8) is 0 Å². The largest absolute Gasteiger partial charge is 0.368 e. The average molecular weight is 319 g/mol. The Morgan fingerprint density at radius 1 is 1.35 bits per heavy atom. The van der Waals surface area contributed by atoms with E-state index in [-0.39, 0.29) is 5.91 Å². The Labute approximate surface area is 126 Å². The molecule has 1 amide bonds. The van der Waals surface area contributed by atoms with E-state index in [1.54, 1.807) is 34.4 Å². The van der Waals surface area contributed by atoms with Crippen LogP contribution in [0.2, 0.25) is 0 Å². The van der Waals surface area contributed by atoms with Gasteiger partial charge in [0.15, 0.2) is 0 Å². The Bertz CT molecular complexity index is 864. The molecule has 0 saturated heterocycles. The van der Waals surface area contributed by atoms with E-state index in [0.717, 1.165) is 20.3 Å². The number of primary amides is 1. The summed E-state index contributed by atoms with van der Waals surface area (Å²) >= 11 is 4.87. The van der Waals surface area contributed by atoms with E-state index in [4.69, 9.17) is 10.7 Å². The van der Waals surface area contributed by atoms with Gasteiger partial charge in [0.2, 0.25) is 5.91 Å². The molecular weight excluding hydrogens is 310 g/mol. The maximum atomic E-state index is 11.2. The predicted molar refractivity (Wildman–Crippen MR) is 87.0 cm³/mol. The molecule has 0 aliphatic carbocycles. The van der Waals surface area contributed by atoms with Gasteiger partial charge in [0.25, 0.3) is 0 Å². The van der Waals surface area contributed by atoms with Gasteiger partial charge < -0.3 is 5.73 Å². The summed E-state index contributed by atoms with van der Waals surface area (Å²) in [6, 6.07) is 5.90. The van der Waals surface area contributed by atoms with Crippen LogP contribution in [0.5, 0.6) is 0 Å². The molecule has 4 nitrogen and oxygen atoms in total. The number of rotatable bonds is 2. The first-order chi connectivity index (χ1) is 9.72. The van der Waals surface area contributed by atoms with E-state index in [0.29, 0.717) is 5.75 Å². The average Bonchev–Trinajstić information content (AvgIpc) is 3.16. The number of fused-ring (bicyclic) bond motifs is 3. The molecule has 0 bridgehead atoms. The fourth-order valence-electron chi connectivity index (χ4n) is 2.14. The van der Waals surface area contributed by atoms with E-state index in [1.165, 1.54) is 10.1 Å². The van der Waals surface area contributed by atoms with E-state index in [9.17, 15) is 4.79 Å². The number of hydrogen-bond donors (Lipinski definition) is 1. The number of thiophene rings is 1. The zero-order valence-corrected chi connectivity index (χ0v) is 12.6. The Hall–Kier alpha value is -1.44. The molecule has 0 radical (unpaired) electrons. The van der Waals surface area contributed by atoms with Crippen molar-refractivity contribution in [1.29, 1.82) is 0 Å². The SMILES string of the molecule is NC(=O)[C@H]1CSC(c2nc3c(ccc4ccsc43)s2)=N1.